The van der Waals surface area contributed by atoms with Gasteiger partial charge in [-0.2, -0.15) is 0 Å². The van der Waals surface area contributed by atoms with E-state index in [2.05, 4.69) is 0 Å². The molecule has 21 heavy (non-hydrogen) atoms. The first-order chi connectivity index (χ1) is 10.3. The highest BCUT2D eigenvalue weighted by Gasteiger charge is 2.01. The smallest absolute Gasteiger partial charge is 0.132 e. The number of Topliss-reactive ketones (excluding diaryl/α,β-unsaturated/α-hetero) is 1. The normalized spacial score (nSPS) is 10.7. The van der Waals surface area contributed by atoms with Crippen molar-refractivity contribution >= 4 is 12.1 Å². The van der Waals surface area contributed by atoms with Gasteiger partial charge in [-0.05, 0) is 25.7 Å². The predicted molar refractivity (Wildman–Crippen MR) is 87.4 cm³/mol. The molecule has 0 unspecified atom stereocenters. The molecule has 0 aromatic rings. The summed E-state index contributed by atoms with van der Waals surface area (Å²) in [6, 6.07) is 0. The van der Waals surface area contributed by atoms with Crippen LogP contribution in [0, 0.1) is 0 Å². The van der Waals surface area contributed by atoms with Crippen LogP contribution < -0.4 is 0 Å². The van der Waals surface area contributed by atoms with Crippen LogP contribution >= 0.6 is 0 Å². The molecule has 0 saturated heterocycles. The molecule has 0 aromatic carbocycles. The highest BCUT2D eigenvalue weighted by atomic mass is 16.2. The van der Waals surface area contributed by atoms with Gasteiger partial charge in [0.05, 0.1) is 0 Å². The molecule has 0 amide bonds. The Labute approximate surface area is 130 Å². The quantitative estimate of drug-likeness (QED) is 0.315. The molecule has 0 spiro atoms. The third-order valence-electron chi connectivity index (χ3n) is 3.89. The molecule has 0 aromatic heterocycles. The van der Waals surface area contributed by atoms with Crippen LogP contribution in [0.25, 0.3) is 0 Å². The van der Waals surface area contributed by atoms with Gasteiger partial charge in [-0.3, -0.25) is 4.79 Å². The zero-order valence-electron chi connectivity index (χ0n) is 13.7. The van der Waals surface area contributed by atoms with Crippen molar-refractivity contribution in [3.63, 3.8) is 0 Å². The zero-order valence-corrected chi connectivity index (χ0v) is 13.7. The summed E-state index contributed by atoms with van der Waals surface area (Å²) < 4.78 is 0. The van der Waals surface area contributed by atoms with E-state index >= 15 is 0 Å². The van der Waals surface area contributed by atoms with Gasteiger partial charge < -0.3 is 9.90 Å². The average molecular weight is 298 g/mol. The minimum atomic E-state index is 0.241. The highest BCUT2D eigenvalue weighted by molar-refractivity contribution is 5.78. The molecule has 1 N–H and O–H groups in total. The largest absolute Gasteiger partial charge is 0.396 e. The summed E-state index contributed by atoms with van der Waals surface area (Å²) in [6.07, 6.45) is 16.7. The lowest BCUT2D eigenvalue weighted by atomic mass is 10.0. The van der Waals surface area contributed by atoms with E-state index in [4.69, 9.17) is 5.11 Å². The summed E-state index contributed by atoms with van der Waals surface area (Å²) >= 11 is 0. The van der Waals surface area contributed by atoms with Crippen LogP contribution in [0.1, 0.15) is 96.3 Å². The van der Waals surface area contributed by atoms with Crippen LogP contribution in [-0.2, 0) is 9.59 Å². The predicted octanol–water partition coefficient (Wildman–Crippen LogP) is 4.60. The van der Waals surface area contributed by atoms with E-state index in [0.717, 1.165) is 44.8 Å². The number of ketones is 1. The van der Waals surface area contributed by atoms with Crippen molar-refractivity contribution < 1.29 is 14.7 Å². The summed E-state index contributed by atoms with van der Waals surface area (Å²) in [6.45, 7) is 0.241. The molecule has 0 saturated carbocycles. The summed E-state index contributed by atoms with van der Waals surface area (Å²) in [5, 5.41) is 8.65. The third-order valence-corrected chi connectivity index (χ3v) is 3.89. The van der Waals surface area contributed by atoms with Crippen molar-refractivity contribution in [2.75, 3.05) is 6.61 Å². The maximum Gasteiger partial charge on any atom is 0.132 e. The van der Waals surface area contributed by atoms with Crippen molar-refractivity contribution in [1.82, 2.24) is 0 Å². The van der Waals surface area contributed by atoms with Crippen molar-refractivity contribution in [2.45, 2.75) is 96.3 Å². The number of rotatable bonds is 17. The molecule has 3 heteroatoms. The second kappa shape index (κ2) is 17.4. The van der Waals surface area contributed by atoms with Crippen LogP contribution in [0.15, 0.2) is 0 Å². The van der Waals surface area contributed by atoms with Gasteiger partial charge in [0.2, 0.25) is 0 Å². The lowest BCUT2D eigenvalue weighted by Gasteiger charge is -2.03. The van der Waals surface area contributed by atoms with Crippen LogP contribution in [0.5, 0.6) is 0 Å². The van der Waals surface area contributed by atoms with E-state index in [-0.39, 0.29) is 6.61 Å². The SMILES string of the molecule is O=CCCCCCCCCCCCC(=O)CCCCCO. The number of carbonyl (C=O) groups is 2. The Morgan fingerprint density at radius 3 is 1.57 bits per heavy atom. The summed E-state index contributed by atoms with van der Waals surface area (Å²) in [4.78, 5) is 21.7. The van der Waals surface area contributed by atoms with Crippen LogP contribution in [0.3, 0.4) is 0 Å². The van der Waals surface area contributed by atoms with Gasteiger partial charge >= 0.3 is 0 Å². The molecular formula is C18H34O3. The number of aldehydes is 1. The minimum absolute atomic E-state index is 0.241. The maximum absolute atomic E-state index is 11.6. The van der Waals surface area contributed by atoms with E-state index in [1.165, 1.54) is 44.9 Å². The summed E-state index contributed by atoms with van der Waals surface area (Å²) in [5.41, 5.74) is 0. The first-order valence-corrected chi connectivity index (χ1v) is 8.87. The fraction of sp³-hybridized carbons (Fsp3) is 0.889. The van der Waals surface area contributed by atoms with Gasteiger partial charge in [0.15, 0.2) is 0 Å². The maximum atomic E-state index is 11.6. The van der Waals surface area contributed by atoms with Crippen LogP contribution in [-0.4, -0.2) is 23.8 Å². The lowest BCUT2D eigenvalue weighted by molar-refractivity contribution is -0.119. The molecular weight excluding hydrogens is 264 g/mol. The summed E-state index contributed by atoms with van der Waals surface area (Å²) in [7, 11) is 0. The van der Waals surface area contributed by atoms with E-state index < -0.39 is 0 Å². The number of aliphatic hydroxyl groups excluding tert-OH is 1. The second-order valence-electron chi connectivity index (χ2n) is 5.96. The number of hydrogen-bond acceptors (Lipinski definition) is 3. The first kappa shape index (κ1) is 20.3. The standard InChI is InChI=1S/C18H34O3/c19-16-12-8-6-4-2-1-3-5-7-10-14-18(21)15-11-9-13-17-20/h16,20H,1-15,17H2. The monoisotopic (exact) mass is 298 g/mol. The molecule has 0 aliphatic carbocycles. The molecule has 0 atom stereocenters. The highest BCUT2D eigenvalue weighted by Crippen LogP contribution is 2.12. The number of aliphatic hydroxyl groups is 1. The van der Waals surface area contributed by atoms with Crippen molar-refractivity contribution in [3.8, 4) is 0 Å². The van der Waals surface area contributed by atoms with Gasteiger partial charge in [0, 0.05) is 25.9 Å². The van der Waals surface area contributed by atoms with Gasteiger partial charge in [-0.15, -0.1) is 0 Å². The van der Waals surface area contributed by atoms with Crippen LogP contribution in [0.4, 0.5) is 0 Å². The second-order valence-corrected chi connectivity index (χ2v) is 5.96. The number of hydrogen-bond donors (Lipinski definition) is 1. The minimum Gasteiger partial charge on any atom is -0.396 e. The Morgan fingerprint density at radius 1 is 0.667 bits per heavy atom. The molecule has 0 fully saturated rings. The fourth-order valence-electron chi connectivity index (χ4n) is 2.52. The Kier molecular flexibility index (Phi) is 16.8. The Hall–Kier alpha value is -0.700. The Balaban J connectivity index is 3.10. The zero-order chi connectivity index (χ0) is 15.6. The molecule has 124 valence electrons. The van der Waals surface area contributed by atoms with Gasteiger partial charge in [0.25, 0.3) is 0 Å². The molecule has 0 aliphatic heterocycles. The van der Waals surface area contributed by atoms with E-state index in [1.54, 1.807) is 0 Å². The molecule has 0 aliphatic rings. The topological polar surface area (TPSA) is 54.4 Å². The van der Waals surface area contributed by atoms with Crippen LogP contribution in [0.2, 0.25) is 0 Å². The molecule has 0 radical (unpaired) electrons. The molecule has 3 nitrogen and oxygen atoms in total. The van der Waals surface area contributed by atoms with E-state index in [1.807, 2.05) is 0 Å². The third kappa shape index (κ3) is 17.2. The van der Waals surface area contributed by atoms with Crippen molar-refractivity contribution in [3.05, 3.63) is 0 Å². The molecule has 0 heterocycles. The average Bonchev–Trinajstić information content (AvgIpc) is 2.49. The molecule has 0 bridgehead atoms. The number of carbonyl (C=O) groups excluding carboxylic acids is 2. The van der Waals surface area contributed by atoms with E-state index in [9.17, 15) is 9.59 Å². The first-order valence-electron chi connectivity index (χ1n) is 8.87. The van der Waals surface area contributed by atoms with Crippen molar-refractivity contribution in [1.29, 1.82) is 0 Å². The number of unbranched alkanes of at least 4 members (excludes halogenated alkanes) is 11. The molecule has 0 rings (SSSR count). The fourth-order valence-corrected chi connectivity index (χ4v) is 2.52. The van der Waals surface area contributed by atoms with Gasteiger partial charge in [-0.25, -0.2) is 0 Å². The van der Waals surface area contributed by atoms with E-state index in [0.29, 0.717) is 18.6 Å². The Morgan fingerprint density at radius 2 is 1.10 bits per heavy atom. The van der Waals surface area contributed by atoms with Gasteiger partial charge in [0.1, 0.15) is 12.1 Å². The van der Waals surface area contributed by atoms with Gasteiger partial charge in [-0.1, -0.05) is 51.4 Å². The summed E-state index contributed by atoms with van der Waals surface area (Å²) in [5.74, 6) is 0.392. The van der Waals surface area contributed by atoms with Crippen molar-refractivity contribution in [2.24, 2.45) is 0 Å². The Bertz CT molecular complexity index is 239. The lowest BCUT2D eigenvalue weighted by Crippen LogP contribution is -1.98.